The van der Waals surface area contributed by atoms with Crippen LogP contribution in [0.4, 0.5) is 5.82 Å². The van der Waals surface area contributed by atoms with Crippen LogP contribution in [-0.2, 0) is 6.54 Å². The molecule has 2 heterocycles. The fourth-order valence-electron chi connectivity index (χ4n) is 1.35. The molecule has 0 saturated heterocycles. The first-order valence-corrected chi connectivity index (χ1v) is 4.06. The maximum Gasteiger partial charge on any atom is 0.355 e. The highest BCUT2D eigenvalue weighted by Gasteiger charge is 2.02. The number of nitrogens with two attached hydrogens (primary N) is 1. The molecule has 0 atom stereocenters. The van der Waals surface area contributed by atoms with Gasteiger partial charge in [0.25, 0.3) is 0 Å². The summed E-state index contributed by atoms with van der Waals surface area (Å²) in [6.45, 7) is 2.81. The van der Waals surface area contributed by atoms with Crippen LogP contribution in [0.15, 0.2) is 23.3 Å². The molecule has 2 aromatic heterocycles. The van der Waals surface area contributed by atoms with Gasteiger partial charge < -0.3 is 10.3 Å². The second-order valence-electron chi connectivity index (χ2n) is 2.78. The number of hydrogen-bond donors (Lipinski definition) is 1. The van der Waals surface area contributed by atoms with Gasteiger partial charge in [0, 0.05) is 25.0 Å². The van der Waals surface area contributed by atoms with Gasteiger partial charge in [-0.15, -0.1) is 0 Å². The minimum Gasteiger partial charge on any atom is -0.383 e. The number of rotatable bonds is 1. The largest absolute Gasteiger partial charge is 0.383 e. The minimum absolute atomic E-state index is 0.262. The van der Waals surface area contributed by atoms with E-state index in [-0.39, 0.29) is 11.5 Å². The maximum atomic E-state index is 11.3. The standard InChI is InChI=1S/C8H10N4O/c1-2-11-3-4-12-7(11)5-6(9)10-8(12)13/h3-5H,2H2,1H3,(H2,9,10,13). The Balaban J connectivity index is 2.90. The van der Waals surface area contributed by atoms with Gasteiger partial charge in [-0.2, -0.15) is 4.98 Å². The Kier molecular flexibility index (Phi) is 1.58. The molecule has 0 aliphatic rings. The molecule has 2 aromatic rings. The fraction of sp³-hybridized carbons (Fsp3) is 0.250. The SMILES string of the molecule is CCn1ccn2c(=O)nc(N)cc12. The number of aromatic nitrogens is 3. The lowest BCUT2D eigenvalue weighted by Gasteiger charge is -1.99. The lowest BCUT2D eigenvalue weighted by molar-refractivity contribution is 0.787. The summed E-state index contributed by atoms with van der Waals surface area (Å²) in [5.41, 5.74) is 5.92. The molecular weight excluding hydrogens is 168 g/mol. The van der Waals surface area contributed by atoms with Crippen molar-refractivity contribution in [3.63, 3.8) is 0 Å². The summed E-state index contributed by atoms with van der Waals surface area (Å²) in [6.07, 6.45) is 3.52. The predicted octanol–water partition coefficient (Wildman–Crippen LogP) is 0.0981. The Morgan fingerprint density at radius 2 is 2.31 bits per heavy atom. The van der Waals surface area contributed by atoms with Crippen molar-refractivity contribution in [2.45, 2.75) is 13.5 Å². The molecule has 68 valence electrons. The predicted molar refractivity (Wildman–Crippen MR) is 49.5 cm³/mol. The fourth-order valence-corrected chi connectivity index (χ4v) is 1.35. The average Bonchev–Trinajstić information content (AvgIpc) is 2.47. The van der Waals surface area contributed by atoms with E-state index in [4.69, 9.17) is 5.73 Å². The Hall–Kier alpha value is -1.78. The quantitative estimate of drug-likeness (QED) is 0.673. The number of imidazole rings is 1. The monoisotopic (exact) mass is 178 g/mol. The van der Waals surface area contributed by atoms with E-state index in [1.165, 1.54) is 4.40 Å². The van der Waals surface area contributed by atoms with Gasteiger partial charge in [-0.3, -0.25) is 4.40 Å². The van der Waals surface area contributed by atoms with E-state index < -0.39 is 0 Å². The van der Waals surface area contributed by atoms with Crippen LogP contribution in [0.25, 0.3) is 5.65 Å². The number of nitrogen functional groups attached to an aromatic ring is 1. The summed E-state index contributed by atoms with van der Waals surface area (Å²) in [6, 6.07) is 1.69. The molecule has 0 unspecified atom stereocenters. The number of anilines is 1. The molecule has 2 rings (SSSR count). The molecule has 5 heteroatoms. The second kappa shape index (κ2) is 2.62. The van der Waals surface area contributed by atoms with Crippen molar-refractivity contribution in [2.24, 2.45) is 0 Å². The third-order valence-electron chi connectivity index (χ3n) is 1.99. The third-order valence-corrected chi connectivity index (χ3v) is 1.99. The van der Waals surface area contributed by atoms with Gasteiger partial charge in [-0.05, 0) is 6.92 Å². The van der Waals surface area contributed by atoms with Crippen molar-refractivity contribution in [2.75, 3.05) is 5.73 Å². The summed E-state index contributed by atoms with van der Waals surface area (Å²) in [4.78, 5) is 14.9. The van der Waals surface area contributed by atoms with Gasteiger partial charge in [-0.25, -0.2) is 4.79 Å². The Bertz CT molecular complexity index is 496. The van der Waals surface area contributed by atoms with Crippen LogP contribution in [0, 0.1) is 0 Å². The molecule has 0 saturated carbocycles. The summed E-state index contributed by atoms with van der Waals surface area (Å²) < 4.78 is 3.40. The first kappa shape index (κ1) is 7.85. The minimum atomic E-state index is -0.331. The number of nitrogens with zero attached hydrogens (tertiary/aromatic N) is 3. The number of hydrogen-bond acceptors (Lipinski definition) is 3. The van der Waals surface area contributed by atoms with E-state index in [1.54, 1.807) is 12.3 Å². The summed E-state index contributed by atoms with van der Waals surface area (Å²) in [5, 5.41) is 0. The van der Waals surface area contributed by atoms with Crippen molar-refractivity contribution in [1.29, 1.82) is 0 Å². The van der Waals surface area contributed by atoms with E-state index in [1.807, 2.05) is 17.7 Å². The number of fused-ring (bicyclic) bond motifs is 1. The highest BCUT2D eigenvalue weighted by molar-refractivity contribution is 5.47. The summed E-state index contributed by atoms with van der Waals surface area (Å²) in [7, 11) is 0. The van der Waals surface area contributed by atoms with Crippen molar-refractivity contribution in [1.82, 2.24) is 14.0 Å². The molecule has 0 radical (unpaired) electrons. The smallest absolute Gasteiger partial charge is 0.355 e. The second-order valence-corrected chi connectivity index (χ2v) is 2.78. The highest BCUT2D eigenvalue weighted by atomic mass is 16.1. The first-order chi connectivity index (χ1) is 6.22. The van der Waals surface area contributed by atoms with Crippen LogP contribution in [0.5, 0.6) is 0 Å². The molecule has 5 nitrogen and oxygen atoms in total. The van der Waals surface area contributed by atoms with Crippen molar-refractivity contribution in [3.05, 3.63) is 28.9 Å². The zero-order chi connectivity index (χ0) is 9.42. The lowest BCUT2D eigenvalue weighted by atomic mass is 10.5. The summed E-state index contributed by atoms with van der Waals surface area (Å²) >= 11 is 0. The topological polar surface area (TPSA) is 65.3 Å². The molecule has 13 heavy (non-hydrogen) atoms. The Labute approximate surface area is 74.4 Å². The van der Waals surface area contributed by atoms with E-state index >= 15 is 0 Å². The van der Waals surface area contributed by atoms with Crippen LogP contribution in [0.3, 0.4) is 0 Å². The van der Waals surface area contributed by atoms with Gasteiger partial charge in [0.15, 0.2) is 0 Å². The normalized spacial score (nSPS) is 10.8. The van der Waals surface area contributed by atoms with Crippen molar-refractivity contribution in [3.8, 4) is 0 Å². The first-order valence-electron chi connectivity index (χ1n) is 4.06. The van der Waals surface area contributed by atoms with E-state index in [9.17, 15) is 4.79 Å². The van der Waals surface area contributed by atoms with Gasteiger partial charge in [0.05, 0.1) is 0 Å². The summed E-state index contributed by atoms with van der Waals surface area (Å²) in [5.74, 6) is 0.262. The van der Waals surface area contributed by atoms with Crippen molar-refractivity contribution < 1.29 is 0 Å². The zero-order valence-corrected chi connectivity index (χ0v) is 7.27. The zero-order valence-electron chi connectivity index (χ0n) is 7.27. The molecular formula is C8H10N4O. The van der Waals surface area contributed by atoms with E-state index in [2.05, 4.69) is 4.98 Å². The van der Waals surface area contributed by atoms with Crippen LogP contribution >= 0.6 is 0 Å². The van der Waals surface area contributed by atoms with E-state index in [0.29, 0.717) is 0 Å². The maximum absolute atomic E-state index is 11.3. The van der Waals surface area contributed by atoms with Gasteiger partial charge in [-0.1, -0.05) is 0 Å². The molecule has 0 fully saturated rings. The third kappa shape index (κ3) is 1.09. The molecule has 0 aliphatic heterocycles. The Morgan fingerprint density at radius 1 is 1.54 bits per heavy atom. The van der Waals surface area contributed by atoms with E-state index in [0.717, 1.165) is 12.2 Å². The molecule has 0 amide bonds. The Morgan fingerprint density at radius 3 is 3.00 bits per heavy atom. The van der Waals surface area contributed by atoms with Crippen LogP contribution < -0.4 is 11.4 Å². The van der Waals surface area contributed by atoms with Gasteiger partial charge in [0.1, 0.15) is 11.5 Å². The highest BCUT2D eigenvalue weighted by Crippen LogP contribution is 2.04. The van der Waals surface area contributed by atoms with Crippen LogP contribution in [0.2, 0.25) is 0 Å². The van der Waals surface area contributed by atoms with Gasteiger partial charge in [0.2, 0.25) is 0 Å². The van der Waals surface area contributed by atoms with Crippen molar-refractivity contribution >= 4 is 11.5 Å². The molecule has 0 aromatic carbocycles. The van der Waals surface area contributed by atoms with Crippen LogP contribution in [-0.4, -0.2) is 14.0 Å². The lowest BCUT2D eigenvalue weighted by Crippen LogP contribution is -2.17. The molecule has 2 N–H and O–H groups in total. The van der Waals surface area contributed by atoms with Crippen LogP contribution in [0.1, 0.15) is 6.92 Å². The average molecular weight is 178 g/mol. The molecule has 0 bridgehead atoms. The molecule has 0 spiro atoms. The molecule has 0 aliphatic carbocycles. The van der Waals surface area contributed by atoms with Gasteiger partial charge >= 0.3 is 5.69 Å². The number of aryl methyl sites for hydroxylation is 1.